The van der Waals surface area contributed by atoms with Crippen molar-refractivity contribution in [1.82, 2.24) is 15.2 Å². The van der Waals surface area contributed by atoms with Crippen LogP contribution in [0.1, 0.15) is 12.8 Å². The number of ether oxygens (including phenoxy) is 2. The topological polar surface area (TPSA) is 99.5 Å². The van der Waals surface area contributed by atoms with E-state index < -0.39 is 18.2 Å². The van der Waals surface area contributed by atoms with Gasteiger partial charge in [0.2, 0.25) is 0 Å². The molecule has 9 nitrogen and oxygen atoms in total. The molecule has 1 aromatic heterocycles. The maximum atomic E-state index is 14.8. The van der Waals surface area contributed by atoms with Crippen molar-refractivity contribution in [2.75, 3.05) is 51.9 Å². The first-order valence-electron chi connectivity index (χ1n) is 11.5. The summed E-state index contributed by atoms with van der Waals surface area (Å²) in [5, 5.41) is 12.4. The lowest BCUT2D eigenvalue weighted by Gasteiger charge is -2.35. The fraction of sp³-hybridized carbons (Fsp3) is 0.400. The molecule has 0 spiro atoms. The Labute approximate surface area is 215 Å². The first kappa shape index (κ1) is 27.4. The third kappa shape index (κ3) is 7.91. The van der Waals surface area contributed by atoms with E-state index in [1.165, 1.54) is 0 Å². The number of nitrogens with zero attached hydrogens (tertiary/aromatic N) is 4. The summed E-state index contributed by atoms with van der Waals surface area (Å²) >= 11 is 6.08. The molecule has 1 aromatic carbocycles. The highest BCUT2D eigenvalue weighted by molar-refractivity contribution is 6.30. The van der Waals surface area contributed by atoms with Gasteiger partial charge in [-0.3, -0.25) is 14.8 Å². The lowest BCUT2D eigenvalue weighted by molar-refractivity contribution is -0.144. The molecule has 1 aliphatic rings. The van der Waals surface area contributed by atoms with Gasteiger partial charge in [0.1, 0.15) is 29.7 Å². The van der Waals surface area contributed by atoms with E-state index in [-0.39, 0.29) is 19.4 Å². The number of pyridine rings is 1. The number of halogens is 2. The summed E-state index contributed by atoms with van der Waals surface area (Å²) in [6.07, 6.45) is 5.68. The lowest BCUT2D eigenvalue weighted by atomic mass is 9.94. The zero-order valence-corrected chi connectivity index (χ0v) is 21.1. The molecule has 1 fully saturated rings. The molecular formula is C25H31ClFN5O4. The number of aliphatic carboxylic acids is 1. The van der Waals surface area contributed by atoms with E-state index in [0.717, 1.165) is 5.69 Å². The minimum absolute atomic E-state index is 0.199. The standard InChI is InChI=1S/C25H31ClFN5O4/c1-28-23(16-29-11-14-31-12-9-25(27,10-13-31)18-36-17-24(33)34)32(20-5-3-19(26)4-6-20)22-8-7-21(35-2)15-30-22/h3-8,11,15-16,28H,9-10,12-14,17-18H2,1-2H3,(H,33,34)/b23-16+,29-11-. The fourth-order valence-electron chi connectivity index (χ4n) is 3.73. The van der Waals surface area contributed by atoms with Crippen LogP contribution in [-0.4, -0.2) is 79.8 Å². The summed E-state index contributed by atoms with van der Waals surface area (Å²) in [7, 11) is 3.39. The smallest absolute Gasteiger partial charge is 0.329 e. The number of piperidine rings is 1. The number of rotatable bonds is 12. The number of hydrogen-bond acceptors (Lipinski definition) is 8. The number of anilines is 2. The third-order valence-corrected chi connectivity index (χ3v) is 6.00. The lowest BCUT2D eigenvalue weighted by Crippen LogP contribution is -2.45. The van der Waals surface area contributed by atoms with Gasteiger partial charge in [-0.05, 0) is 49.2 Å². The molecule has 2 N–H and O–H groups in total. The highest BCUT2D eigenvalue weighted by atomic mass is 35.5. The van der Waals surface area contributed by atoms with Crippen molar-refractivity contribution >= 4 is 35.3 Å². The Hall–Kier alpha value is -3.21. The van der Waals surface area contributed by atoms with E-state index in [4.69, 9.17) is 26.2 Å². The number of aromatic nitrogens is 1. The predicted molar refractivity (Wildman–Crippen MR) is 138 cm³/mol. The van der Waals surface area contributed by atoms with Crippen LogP contribution in [-0.2, 0) is 9.53 Å². The highest BCUT2D eigenvalue weighted by Crippen LogP contribution is 2.29. The van der Waals surface area contributed by atoms with Crippen LogP contribution < -0.4 is 15.0 Å². The molecule has 2 heterocycles. The summed E-state index contributed by atoms with van der Waals surface area (Å²) in [5.41, 5.74) is -0.652. The quantitative estimate of drug-likeness (QED) is 0.408. The van der Waals surface area contributed by atoms with Crippen molar-refractivity contribution in [3.05, 3.63) is 59.6 Å². The second-order valence-electron chi connectivity index (χ2n) is 8.30. The molecule has 11 heteroatoms. The molecule has 36 heavy (non-hydrogen) atoms. The molecule has 0 aliphatic carbocycles. The van der Waals surface area contributed by atoms with Gasteiger partial charge >= 0.3 is 5.97 Å². The normalized spacial score (nSPS) is 16.2. The molecule has 2 aromatic rings. The van der Waals surface area contributed by atoms with E-state index >= 15 is 0 Å². The molecule has 3 rings (SSSR count). The van der Waals surface area contributed by atoms with Crippen LogP contribution in [0.25, 0.3) is 0 Å². The monoisotopic (exact) mass is 519 g/mol. The number of methoxy groups -OCH3 is 1. The molecular weight excluding hydrogens is 489 g/mol. The number of benzene rings is 1. The molecule has 0 bridgehead atoms. The van der Waals surface area contributed by atoms with Crippen molar-refractivity contribution in [2.45, 2.75) is 18.5 Å². The predicted octanol–water partition coefficient (Wildman–Crippen LogP) is 3.88. The first-order chi connectivity index (χ1) is 17.3. The number of carboxylic acid groups (broad SMARTS) is 1. The van der Waals surface area contributed by atoms with Crippen LogP contribution in [0.3, 0.4) is 0 Å². The summed E-state index contributed by atoms with van der Waals surface area (Å²) in [6.45, 7) is 0.945. The number of likely N-dealkylation sites (tertiary alicyclic amines) is 1. The summed E-state index contributed by atoms with van der Waals surface area (Å²) in [4.78, 5) is 23.5. The van der Waals surface area contributed by atoms with Gasteiger partial charge in [0.15, 0.2) is 0 Å². The van der Waals surface area contributed by atoms with Gasteiger partial charge in [-0.1, -0.05) is 11.6 Å². The van der Waals surface area contributed by atoms with Gasteiger partial charge in [0, 0.05) is 43.6 Å². The minimum Gasteiger partial charge on any atom is -0.495 e. The Morgan fingerprint density at radius 3 is 2.61 bits per heavy atom. The number of hydrogen-bond donors (Lipinski definition) is 2. The van der Waals surface area contributed by atoms with E-state index in [0.29, 0.717) is 42.0 Å². The van der Waals surface area contributed by atoms with Gasteiger partial charge in [0.05, 0.1) is 26.1 Å². The van der Waals surface area contributed by atoms with Gasteiger partial charge in [0.25, 0.3) is 0 Å². The van der Waals surface area contributed by atoms with Crippen LogP contribution in [0.15, 0.2) is 59.6 Å². The molecule has 0 amide bonds. The van der Waals surface area contributed by atoms with Gasteiger partial charge in [-0.2, -0.15) is 0 Å². The van der Waals surface area contributed by atoms with Crippen molar-refractivity contribution in [2.24, 2.45) is 4.99 Å². The molecule has 0 unspecified atom stereocenters. The first-order valence-corrected chi connectivity index (χ1v) is 11.9. The number of carboxylic acids is 1. The van der Waals surface area contributed by atoms with E-state index in [9.17, 15) is 9.18 Å². The summed E-state index contributed by atoms with van der Waals surface area (Å²) in [5.74, 6) is 0.895. The Morgan fingerprint density at radius 1 is 1.31 bits per heavy atom. The number of alkyl halides is 1. The van der Waals surface area contributed by atoms with Gasteiger partial charge in [-0.25, -0.2) is 14.2 Å². The zero-order chi connectivity index (χ0) is 26.0. The van der Waals surface area contributed by atoms with E-state index in [2.05, 4.69) is 20.2 Å². The maximum Gasteiger partial charge on any atom is 0.329 e. The Morgan fingerprint density at radius 2 is 2.03 bits per heavy atom. The van der Waals surface area contributed by atoms with E-state index in [1.54, 1.807) is 44.9 Å². The van der Waals surface area contributed by atoms with Crippen LogP contribution in [0.5, 0.6) is 5.75 Å². The Kier molecular flexibility index (Phi) is 10.0. The minimum atomic E-state index is -1.49. The zero-order valence-electron chi connectivity index (χ0n) is 20.4. The average molecular weight is 520 g/mol. The molecule has 0 saturated carbocycles. The maximum absolute atomic E-state index is 14.8. The molecule has 1 saturated heterocycles. The highest BCUT2D eigenvalue weighted by Gasteiger charge is 2.34. The Bertz CT molecular complexity index is 1040. The summed E-state index contributed by atoms with van der Waals surface area (Å²) in [6, 6.07) is 11.1. The molecule has 0 radical (unpaired) electrons. The molecule has 0 atom stereocenters. The van der Waals surface area contributed by atoms with Gasteiger partial charge < -0.3 is 19.9 Å². The fourth-order valence-corrected chi connectivity index (χ4v) is 3.86. The largest absolute Gasteiger partial charge is 0.495 e. The van der Waals surface area contributed by atoms with Crippen LogP contribution in [0, 0.1) is 0 Å². The second kappa shape index (κ2) is 13.2. The SMILES string of the molecule is CN/C(=C\N=C/CN1CCC(F)(COCC(=O)O)CC1)N(c1ccc(Cl)cc1)c1ccc(OC)cn1. The summed E-state index contributed by atoms with van der Waals surface area (Å²) < 4.78 is 25.0. The van der Waals surface area contributed by atoms with Gasteiger partial charge in [-0.15, -0.1) is 0 Å². The number of aliphatic imine (C=N–C) groups is 1. The van der Waals surface area contributed by atoms with Crippen LogP contribution in [0.2, 0.25) is 5.02 Å². The van der Waals surface area contributed by atoms with Crippen molar-refractivity contribution < 1.29 is 23.8 Å². The number of carbonyl (C=O) groups is 1. The molecule has 194 valence electrons. The van der Waals surface area contributed by atoms with Crippen molar-refractivity contribution in [3.63, 3.8) is 0 Å². The van der Waals surface area contributed by atoms with Crippen LogP contribution in [0.4, 0.5) is 15.9 Å². The van der Waals surface area contributed by atoms with E-state index in [1.807, 2.05) is 29.2 Å². The van der Waals surface area contributed by atoms with Crippen molar-refractivity contribution in [1.29, 1.82) is 0 Å². The molecule has 1 aliphatic heterocycles. The Balaban J connectivity index is 1.65. The van der Waals surface area contributed by atoms with Crippen LogP contribution >= 0.6 is 11.6 Å². The average Bonchev–Trinajstić information content (AvgIpc) is 2.88. The third-order valence-electron chi connectivity index (χ3n) is 5.75. The second-order valence-corrected chi connectivity index (χ2v) is 8.74. The van der Waals surface area contributed by atoms with Crippen molar-refractivity contribution in [3.8, 4) is 5.75 Å². The number of nitrogens with one attached hydrogen (secondary N) is 1.